The van der Waals surface area contributed by atoms with Crippen LogP contribution in [0.1, 0.15) is 12.5 Å². The maximum atomic E-state index is 9.34. The predicted molar refractivity (Wildman–Crippen MR) is 74.1 cm³/mol. The molecule has 4 heteroatoms. The number of aromatic nitrogens is 1. The van der Waals surface area contributed by atoms with Crippen molar-refractivity contribution >= 4 is 22.6 Å². The Morgan fingerprint density at radius 2 is 2.00 bits per heavy atom. The van der Waals surface area contributed by atoms with Crippen LogP contribution in [0, 0.1) is 11.3 Å². The van der Waals surface area contributed by atoms with Gasteiger partial charge in [0.15, 0.2) is 5.82 Å². The summed E-state index contributed by atoms with van der Waals surface area (Å²) in [5.74, 6) is 1.59. The van der Waals surface area contributed by atoms with Gasteiger partial charge in [-0.25, -0.2) is 4.99 Å². The van der Waals surface area contributed by atoms with E-state index in [9.17, 15) is 5.26 Å². The zero-order valence-electron chi connectivity index (χ0n) is 11.1. The number of benzene rings is 1. The normalized spacial score (nSPS) is 11.6. The highest BCUT2D eigenvalue weighted by Gasteiger charge is 2.14. The summed E-state index contributed by atoms with van der Waals surface area (Å²) >= 11 is 0. The Kier molecular flexibility index (Phi) is 3.07. The molecule has 0 bridgehead atoms. The molecule has 0 atom stereocenters. The van der Waals surface area contributed by atoms with Crippen LogP contribution >= 0.6 is 0 Å². The number of fused-ring (bicyclic) bond motifs is 1. The summed E-state index contributed by atoms with van der Waals surface area (Å²) < 4.78 is 1.96. The number of hydrogen-bond acceptors (Lipinski definition) is 2. The Hall–Kier alpha value is -2.28. The molecular formula is C14H16N4. The maximum absolute atomic E-state index is 9.34. The first-order valence-electron chi connectivity index (χ1n) is 5.76. The van der Waals surface area contributed by atoms with Crippen LogP contribution < -0.4 is 0 Å². The van der Waals surface area contributed by atoms with Gasteiger partial charge >= 0.3 is 0 Å². The molecule has 18 heavy (non-hydrogen) atoms. The summed E-state index contributed by atoms with van der Waals surface area (Å²) in [6.07, 6.45) is 0. The van der Waals surface area contributed by atoms with Crippen molar-refractivity contribution in [3.63, 3.8) is 0 Å². The van der Waals surface area contributed by atoms with E-state index in [1.54, 1.807) is 0 Å². The average Bonchev–Trinajstić information content (AvgIpc) is 2.63. The number of para-hydroxylation sites is 1. The molecule has 0 spiro atoms. The summed E-state index contributed by atoms with van der Waals surface area (Å²) in [6.45, 7) is 1.93. The first-order chi connectivity index (χ1) is 8.56. The summed E-state index contributed by atoms with van der Waals surface area (Å²) in [5.41, 5.74) is 1.66. The molecule has 4 nitrogen and oxygen atoms in total. The zero-order chi connectivity index (χ0) is 13.3. The number of hydrogen-bond donors (Lipinski definition) is 0. The molecule has 0 amide bonds. The van der Waals surface area contributed by atoms with Crippen LogP contribution in [-0.4, -0.2) is 29.4 Å². The van der Waals surface area contributed by atoms with Crippen molar-refractivity contribution in [2.75, 3.05) is 14.1 Å². The monoisotopic (exact) mass is 240 g/mol. The molecule has 1 heterocycles. The lowest BCUT2D eigenvalue weighted by Gasteiger charge is -2.11. The van der Waals surface area contributed by atoms with E-state index in [0.717, 1.165) is 16.7 Å². The first kappa shape index (κ1) is 12.2. The Balaban J connectivity index is 2.75. The molecule has 0 aliphatic heterocycles. The lowest BCUT2D eigenvalue weighted by atomic mass is 10.2. The van der Waals surface area contributed by atoms with Crippen LogP contribution in [0.15, 0.2) is 29.3 Å². The largest absolute Gasteiger partial charge is 0.366 e. The van der Waals surface area contributed by atoms with Crippen LogP contribution in [0.5, 0.6) is 0 Å². The lowest BCUT2D eigenvalue weighted by molar-refractivity contribution is 0.618. The molecule has 0 saturated carbocycles. The number of aryl methyl sites for hydroxylation is 1. The van der Waals surface area contributed by atoms with E-state index in [1.165, 1.54) is 0 Å². The van der Waals surface area contributed by atoms with Gasteiger partial charge < -0.3 is 9.47 Å². The Labute approximate surface area is 107 Å². The van der Waals surface area contributed by atoms with Crippen LogP contribution in [-0.2, 0) is 7.05 Å². The molecule has 0 unspecified atom stereocenters. The SMILES string of the molecule is C/C(=N\c1c(C#N)c2ccccc2n1C)N(C)C. The summed E-state index contributed by atoms with van der Waals surface area (Å²) in [7, 11) is 5.81. The number of nitriles is 1. The van der Waals surface area contributed by atoms with E-state index in [-0.39, 0.29) is 0 Å². The molecule has 92 valence electrons. The molecule has 2 rings (SSSR count). The predicted octanol–water partition coefficient (Wildman–Crippen LogP) is 2.66. The second-order valence-electron chi connectivity index (χ2n) is 4.44. The molecule has 1 aromatic carbocycles. The van der Waals surface area contributed by atoms with Gasteiger partial charge in [-0.05, 0) is 13.0 Å². The fourth-order valence-corrected chi connectivity index (χ4v) is 1.87. The van der Waals surface area contributed by atoms with Gasteiger partial charge in [0.2, 0.25) is 0 Å². The van der Waals surface area contributed by atoms with Crippen LogP contribution in [0.2, 0.25) is 0 Å². The van der Waals surface area contributed by atoms with E-state index in [1.807, 2.05) is 61.8 Å². The quantitative estimate of drug-likeness (QED) is 0.568. The zero-order valence-corrected chi connectivity index (χ0v) is 11.1. The minimum absolute atomic E-state index is 0.634. The molecule has 0 aliphatic carbocycles. The summed E-state index contributed by atoms with van der Waals surface area (Å²) in [5, 5.41) is 10.3. The van der Waals surface area contributed by atoms with Crippen LogP contribution in [0.25, 0.3) is 10.9 Å². The van der Waals surface area contributed by atoms with Crippen molar-refractivity contribution < 1.29 is 0 Å². The molecule has 0 fully saturated rings. The van der Waals surface area contributed by atoms with Crippen molar-refractivity contribution in [3.8, 4) is 6.07 Å². The van der Waals surface area contributed by atoms with Crippen molar-refractivity contribution in [1.82, 2.24) is 9.47 Å². The maximum Gasteiger partial charge on any atom is 0.153 e. The number of nitrogens with zero attached hydrogens (tertiary/aromatic N) is 4. The van der Waals surface area contributed by atoms with Gasteiger partial charge in [-0.3, -0.25) is 0 Å². The average molecular weight is 240 g/mol. The summed E-state index contributed by atoms with van der Waals surface area (Å²) in [6, 6.07) is 10.1. The molecule has 1 aromatic heterocycles. The van der Waals surface area contributed by atoms with Crippen LogP contribution in [0.4, 0.5) is 5.82 Å². The van der Waals surface area contributed by atoms with Crippen molar-refractivity contribution in [2.45, 2.75) is 6.92 Å². The number of amidine groups is 1. The minimum Gasteiger partial charge on any atom is -0.366 e. The second kappa shape index (κ2) is 4.53. The number of rotatable bonds is 1. The molecular weight excluding hydrogens is 224 g/mol. The highest BCUT2D eigenvalue weighted by molar-refractivity contribution is 5.93. The van der Waals surface area contributed by atoms with E-state index < -0.39 is 0 Å². The highest BCUT2D eigenvalue weighted by Crippen LogP contribution is 2.30. The van der Waals surface area contributed by atoms with Gasteiger partial charge in [0, 0.05) is 26.5 Å². The highest BCUT2D eigenvalue weighted by atomic mass is 15.2. The molecule has 0 aliphatic rings. The van der Waals surface area contributed by atoms with Gasteiger partial charge in [0.1, 0.15) is 17.5 Å². The molecule has 2 aromatic rings. The third-order valence-corrected chi connectivity index (χ3v) is 3.10. The second-order valence-corrected chi connectivity index (χ2v) is 4.44. The Bertz CT molecular complexity index is 656. The fourth-order valence-electron chi connectivity index (χ4n) is 1.87. The van der Waals surface area contributed by atoms with E-state index in [0.29, 0.717) is 11.4 Å². The van der Waals surface area contributed by atoms with Crippen molar-refractivity contribution in [3.05, 3.63) is 29.8 Å². The van der Waals surface area contributed by atoms with Gasteiger partial charge in [-0.2, -0.15) is 5.26 Å². The Morgan fingerprint density at radius 3 is 2.61 bits per heavy atom. The minimum atomic E-state index is 0.634. The lowest BCUT2D eigenvalue weighted by Crippen LogP contribution is -2.18. The van der Waals surface area contributed by atoms with Gasteiger partial charge in [0.25, 0.3) is 0 Å². The molecule has 0 N–H and O–H groups in total. The van der Waals surface area contributed by atoms with Gasteiger partial charge in [-0.15, -0.1) is 0 Å². The van der Waals surface area contributed by atoms with E-state index in [4.69, 9.17) is 0 Å². The van der Waals surface area contributed by atoms with E-state index >= 15 is 0 Å². The topological polar surface area (TPSA) is 44.3 Å². The number of aliphatic imine (C=N–C) groups is 1. The first-order valence-corrected chi connectivity index (χ1v) is 5.76. The molecule has 0 saturated heterocycles. The van der Waals surface area contributed by atoms with E-state index in [2.05, 4.69) is 11.1 Å². The van der Waals surface area contributed by atoms with Crippen molar-refractivity contribution in [1.29, 1.82) is 5.26 Å². The van der Waals surface area contributed by atoms with Crippen molar-refractivity contribution in [2.24, 2.45) is 12.0 Å². The van der Waals surface area contributed by atoms with Crippen LogP contribution in [0.3, 0.4) is 0 Å². The summed E-state index contributed by atoms with van der Waals surface area (Å²) in [4.78, 5) is 6.48. The fraction of sp³-hybridized carbons (Fsp3) is 0.286. The van der Waals surface area contributed by atoms with Gasteiger partial charge in [-0.1, -0.05) is 18.2 Å². The third-order valence-electron chi connectivity index (χ3n) is 3.10. The molecule has 0 radical (unpaired) electrons. The smallest absolute Gasteiger partial charge is 0.153 e. The Morgan fingerprint density at radius 1 is 1.33 bits per heavy atom. The van der Waals surface area contributed by atoms with Gasteiger partial charge in [0.05, 0.1) is 5.52 Å². The standard InChI is InChI=1S/C14H16N4/c1-10(17(2)3)16-14-12(9-15)11-7-5-6-8-13(11)18(14)4/h5-8H,1-4H3/b16-10+. The third kappa shape index (κ3) is 1.84.